The van der Waals surface area contributed by atoms with Crippen molar-refractivity contribution in [3.05, 3.63) is 11.8 Å². The molecule has 1 aliphatic heterocycles. The summed E-state index contributed by atoms with van der Waals surface area (Å²) < 4.78 is 5.25. The summed E-state index contributed by atoms with van der Waals surface area (Å²) in [5.74, 6) is -0.0868. The Labute approximate surface area is 94.1 Å². The number of hydrogen-bond donors (Lipinski definition) is 0. The maximum Gasteiger partial charge on any atom is 1.00 e. The quantitative estimate of drug-likeness (QED) is 0.226. The summed E-state index contributed by atoms with van der Waals surface area (Å²) >= 11 is 0. The molecule has 1 rings (SSSR count). The molecule has 0 spiro atoms. The van der Waals surface area contributed by atoms with E-state index in [1.54, 1.807) is 0 Å². The number of carbonyl (C=O) groups is 1. The smallest absolute Gasteiger partial charge is 0.878 e. The Kier molecular flexibility index (Phi) is 4.48. The van der Waals surface area contributed by atoms with E-state index in [-0.39, 0.29) is 47.5 Å². The Morgan fingerprint density at radius 1 is 1.58 bits per heavy atom. The van der Waals surface area contributed by atoms with Gasteiger partial charge in [-0.05, 0) is 13.8 Å². The van der Waals surface area contributed by atoms with Crippen LogP contribution in [-0.4, -0.2) is 18.0 Å². The molecule has 0 N–H and O–H groups in total. The van der Waals surface area contributed by atoms with Gasteiger partial charge < -0.3 is 9.84 Å². The fourth-order valence-corrected chi connectivity index (χ4v) is 1.00. The monoisotopic (exact) mass is 178 g/mol. The SMILES string of the molecule is CC1(C)CC(=O)/C(=C\[O-])CO1.[Na+]. The summed E-state index contributed by atoms with van der Waals surface area (Å²) in [6, 6.07) is 0. The molecule has 0 aliphatic carbocycles. The van der Waals surface area contributed by atoms with Gasteiger partial charge >= 0.3 is 29.6 Å². The molecule has 0 radical (unpaired) electrons. The van der Waals surface area contributed by atoms with Crippen LogP contribution in [0.4, 0.5) is 0 Å². The second-order valence-corrected chi connectivity index (χ2v) is 3.29. The van der Waals surface area contributed by atoms with E-state index >= 15 is 0 Å². The summed E-state index contributed by atoms with van der Waals surface area (Å²) in [6.07, 6.45) is 0.888. The third-order valence-corrected chi connectivity index (χ3v) is 1.71. The van der Waals surface area contributed by atoms with Crippen LogP contribution in [0.3, 0.4) is 0 Å². The van der Waals surface area contributed by atoms with Crippen LogP contribution >= 0.6 is 0 Å². The topological polar surface area (TPSA) is 49.4 Å². The van der Waals surface area contributed by atoms with Crippen LogP contribution in [0.5, 0.6) is 0 Å². The van der Waals surface area contributed by atoms with Gasteiger partial charge in [0.25, 0.3) is 0 Å². The average molecular weight is 178 g/mol. The predicted octanol–water partition coefficient (Wildman–Crippen LogP) is -3.00. The van der Waals surface area contributed by atoms with E-state index in [0.717, 1.165) is 0 Å². The largest absolute Gasteiger partial charge is 1.00 e. The van der Waals surface area contributed by atoms with Crippen molar-refractivity contribution in [2.75, 3.05) is 6.61 Å². The van der Waals surface area contributed by atoms with Crippen LogP contribution < -0.4 is 34.7 Å². The molecule has 62 valence electrons. The summed E-state index contributed by atoms with van der Waals surface area (Å²) in [6.45, 7) is 3.84. The van der Waals surface area contributed by atoms with Crippen LogP contribution in [0.25, 0.3) is 0 Å². The Balaban J connectivity index is 0.00000121. The fourth-order valence-electron chi connectivity index (χ4n) is 1.00. The summed E-state index contributed by atoms with van der Waals surface area (Å²) in [7, 11) is 0. The van der Waals surface area contributed by atoms with Gasteiger partial charge in [0.1, 0.15) is 0 Å². The molecule has 0 aromatic heterocycles. The first-order chi connectivity index (χ1) is 5.05. The Hall–Kier alpha value is 0.170. The molecule has 0 atom stereocenters. The minimum absolute atomic E-state index is 0. The van der Waals surface area contributed by atoms with Gasteiger partial charge in [-0.25, -0.2) is 0 Å². The van der Waals surface area contributed by atoms with E-state index in [9.17, 15) is 9.90 Å². The van der Waals surface area contributed by atoms with Gasteiger partial charge in [-0.2, -0.15) is 0 Å². The van der Waals surface area contributed by atoms with Gasteiger partial charge in [-0.1, -0.05) is 0 Å². The van der Waals surface area contributed by atoms with Crippen molar-refractivity contribution in [3.63, 3.8) is 0 Å². The van der Waals surface area contributed by atoms with E-state index in [4.69, 9.17) is 4.74 Å². The first-order valence-electron chi connectivity index (χ1n) is 3.53. The second kappa shape index (κ2) is 4.42. The summed E-state index contributed by atoms with van der Waals surface area (Å²) in [4.78, 5) is 11.1. The van der Waals surface area contributed by atoms with Crippen LogP contribution in [0.15, 0.2) is 11.8 Å². The molecule has 0 bridgehead atoms. The minimum atomic E-state index is -0.399. The Morgan fingerprint density at radius 2 is 2.17 bits per heavy atom. The molecular weight excluding hydrogens is 167 g/mol. The van der Waals surface area contributed by atoms with Crippen molar-refractivity contribution < 1.29 is 44.2 Å². The van der Waals surface area contributed by atoms with Crippen molar-refractivity contribution in [3.8, 4) is 0 Å². The van der Waals surface area contributed by atoms with Gasteiger partial charge in [0.15, 0.2) is 5.78 Å². The van der Waals surface area contributed by atoms with Crippen LogP contribution in [0, 0.1) is 0 Å². The van der Waals surface area contributed by atoms with Crippen molar-refractivity contribution in [2.24, 2.45) is 0 Å². The fraction of sp³-hybridized carbons (Fsp3) is 0.625. The standard InChI is InChI=1S/C8H12O3.Na/c1-8(2)3-7(10)6(4-9)5-11-8;/h4,9H,3,5H2,1-2H3;/q;+1/p-1/b6-4-;. The molecule has 12 heavy (non-hydrogen) atoms. The molecule has 1 aliphatic rings. The average Bonchev–Trinajstić information content (AvgIpc) is 1.86. The molecule has 0 amide bonds. The summed E-state index contributed by atoms with van der Waals surface area (Å²) in [5.41, 5.74) is -0.145. The third-order valence-electron chi connectivity index (χ3n) is 1.71. The van der Waals surface area contributed by atoms with Crippen molar-refractivity contribution in [2.45, 2.75) is 25.9 Å². The zero-order valence-corrected chi connectivity index (χ0v) is 9.72. The van der Waals surface area contributed by atoms with Crippen molar-refractivity contribution in [1.82, 2.24) is 0 Å². The molecule has 0 aromatic rings. The maximum atomic E-state index is 11.1. The zero-order valence-electron chi connectivity index (χ0n) is 7.72. The van der Waals surface area contributed by atoms with E-state index in [2.05, 4.69) is 0 Å². The van der Waals surface area contributed by atoms with E-state index in [1.807, 2.05) is 13.8 Å². The number of carbonyl (C=O) groups excluding carboxylic acids is 1. The molecule has 1 heterocycles. The van der Waals surface area contributed by atoms with Gasteiger partial charge in [-0.3, -0.25) is 4.79 Å². The Morgan fingerprint density at radius 3 is 2.58 bits per heavy atom. The molecule has 1 saturated heterocycles. The molecule has 0 unspecified atom stereocenters. The normalized spacial score (nSPS) is 25.2. The minimum Gasteiger partial charge on any atom is -0.878 e. The van der Waals surface area contributed by atoms with Gasteiger partial charge in [-0.15, -0.1) is 6.26 Å². The molecular formula is C8H11NaO3. The number of Topliss-reactive ketones (excluding diaryl/α,β-unsaturated/α-hetero) is 1. The second-order valence-electron chi connectivity index (χ2n) is 3.29. The van der Waals surface area contributed by atoms with E-state index < -0.39 is 5.60 Å². The van der Waals surface area contributed by atoms with Gasteiger partial charge in [0, 0.05) is 12.0 Å². The first-order valence-corrected chi connectivity index (χ1v) is 3.53. The van der Waals surface area contributed by atoms with Gasteiger partial charge in [0.05, 0.1) is 12.2 Å². The molecule has 0 aromatic carbocycles. The van der Waals surface area contributed by atoms with E-state index in [0.29, 0.717) is 12.7 Å². The molecule has 3 nitrogen and oxygen atoms in total. The third kappa shape index (κ3) is 2.90. The zero-order chi connectivity index (χ0) is 8.48. The first kappa shape index (κ1) is 12.2. The van der Waals surface area contributed by atoms with Crippen LogP contribution in [0.1, 0.15) is 20.3 Å². The van der Waals surface area contributed by atoms with E-state index in [1.165, 1.54) is 0 Å². The number of ether oxygens (including phenoxy) is 1. The summed E-state index contributed by atoms with van der Waals surface area (Å²) in [5, 5.41) is 10.2. The molecule has 4 heteroatoms. The number of hydrogen-bond acceptors (Lipinski definition) is 3. The Bertz CT molecular complexity index is 208. The maximum absolute atomic E-state index is 11.1. The molecule has 1 fully saturated rings. The van der Waals surface area contributed by atoms with Gasteiger partial charge in [0.2, 0.25) is 0 Å². The number of rotatable bonds is 0. The predicted molar refractivity (Wildman–Crippen MR) is 37.7 cm³/mol. The van der Waals surface area contributed by atoms with Crippen molar-refractivity contribution in [1.29, 1.82) is 0 Å². The van der Waals surface area contributed by atoms with Crippen molar-refractivity contribution >= 4 is 5.78 Å². The molecule has 0 saturated carbocycles. The van der Waals surface area contributed by atoms with Crippen LogP contribution in [-0.2, 0) is 9.53 Å². The van der Waals surface area contributed by atoms with Crippen LogP contribution in [0.2, 0.25) is 0 Å². The number of ketones is 1.